The van der Waals surface area contributed by atoms with Crippen molar-refractivity contribution in [2.45, 2.75) is 59.0 Å². The molecule has 5 nitrogen and oxygen atoms in total. The Hall–Kier alpha value is -1.62. The summed E-state index contributed by atoms with van der Waals surface area (Å²) in [6.45, 7) is 8.31. The second-order valence-electron chi connectivity index (χ2n) is 5.63. The van der Waals surface area contributed by atoms with Crippen molar-refractivity contribution in [3.8, 4) is 5.88 Å². The number of methoxy groups -OCH3 is 1. The number of ether oxygens (including phenoxy) is 2. The molecular weight excluding hydrogens is 280 g/mol. The minimum atomic E-state index is -0.808. The molecule has 1 heterocycles. The first-order valence-corrected chi connectivity index (χ1v) is 7.92. The third-order valence-corrected chi connectivity index (χ3v) is 3.68. The quantitative estimate of drug-likeness (QED) is 0.706. The maximum Gasteiger partial charge on any atom is 0.256 e. The molecule has 0 saturated heterocycles. The van der Waals surface area contributed by atoms with Crippen LogP contribution >= 0.6 is 0 Å². The number of carbonyl (C=O) groups is 1. The number of aryl methyl sites for hydroxylation is 1. The van der Waals surface area contributed by atoms with Crippen LogP contribution < -0.4 is 10.1 Å². The number of hydrogen-bond acceptors (Lipinski definition) is 4. The molecule has 5 heteroatoms. The molecule has 1 rings (SSSR count). The number of nitrogens with one attached hydrogen (secondary N) is 1. The zero-order valence-electron chi connectivity index (χ0n) is 14.4. The third-order valence-electron chi connectivity index (χ3n) is 3.68. The van der Waals surface area contributed by atoms with Gasteiger partial charge in [-0.2, -0.15) is 0 Å². The Bertz CT molecular complexity index is 491. The summed E-state index contributed by atoms with van der Waals surface area (Å²) in [5.74, 6) is 0.435. The van der Waals surface area contributed by atoms with Crippen molar-refractivity contribution in [3.63, 3.8) is 0 Å². The summed E-state index contributed by atoms with van der Waals surface area (Å²) in [6, 6.07) is 1.85. The van der Waals surface area contributed by atoms with Gasteiger partial charge >= 0.3 is 0 Å². The smallest absolute Gasteiger partial charge is 0.256 e. The highest BCUT2D eigenvalue weighted by Gasteiger charge is 2.33. The van der Waals surface area contributed by atoms with Crippen molar-refractivity contribution in [2.24, 2.45) is 0 Å². The largest absolute Gasteiger partial charge is 0.481 e. The molecule has 0 radical (unpaired) electrons. The number of anilines is 1. The number of amides is 1. The van der Waals surface area contributed by atoms with Gasteiger partial charge < -0.3 is 14.8 Å². The molecular formula is C17H28N2O3. The number of carbonyl (C=O) groups excluding carboxylic acids is 1. The highest BCUT2D eigenvalue weighted by atomic mass is 16.5. The van der Waals surface area contributed by atoms with E-state index in [1.165, 1.54) is 0 Å². The lowest BCUT2D eigenvalue weighted by atomic mass is 9.96. The van der Waals surface area contributed by atoms with Gasteiger partial charge in [-0.3, -0.25) is 4.79 Å². The standard InChI is InChI=1S/C17H28N2O3/c1-6-8-9-10-17(4,22-7-2)16(20)19-14-11-13(3)15(21-5)18-12-14/h11-12H,6-10H2,1-5H3,(H,19,20)/t17-/m1/s1. The zero-order chi connectivity index (χ0) is 16.6. The van der Waals surface area contributed by atoms with Crippen molar-refractivity contribution in [1.29, 1.82) is 0 Å². The Morgan fingerprint density at radius 2 is 2.09 bits per heavy atom. The van der Waals surface area contributed by atoms with E-state index >= 15 is 0 Å². The topological polar surface area (TPSA) is 60.5 Å². The van der Waals surface area contributed by atoms with E-state index < -0.39 is 5.60 Å². The fraction of sp³-hybridized carbons (Fsp3) is 0.647. The normalized spacial score (nSPS) is 13.5. The highest BCUT2D eigenvalue weighted by Crippen LogP contribution is 2.23. The van der Waals surface area contributed by atoms with Crippen molar-refractivity contribution in [3.05, 3.63) is 17.8 Å². The van der Waals surface area contributed by atoms with E-state index in [1.807, 2.05) is 26.8 Å². The Morgan fingerprint density at radius 3 is 2.64 bits per heavy atom. The van der Waals surface area contributed by atoms with Gasteiger partial charge in [0.1, 0.15) is 5.60 Å². The monoisotopic (exact) mass is 308 g/mol. The van der Waals surface area contributed by atoms with Gasteiger partial charge in [0.25, 0.3) is 5.91 Å². The van der Waals surface area contributed by atoms with Crippen molar-refractivity contribution in [2.75, 3.05) is 19.0 Å². The van der Waals surface area contributed by atoms with Crippen molar-refractivity contribution < 1.29 is 14.3 Å². The Kier molecular flexibility index (Phi) is 7.32. The number of nitrogens with zero attached hydrogens (tertiary/aromatic N) is 1. The predicted molar refractivity (Wildman–Crippen MR) is 88.3 cm³/mol. The average Bonchev–Trinajstić information content (AvgIpc) is 2.48. The first-order valence-electron chi connectivity index (χ1n) is 7.92. The van der Waals surface area contributed by atoms with Crippen molar-refractivity contribution >= 4 is 11.6 Å². The van der Waals surface area contributed by atoms with Crippen LogP contribution in [0.2, 0.25) is 0 Å². The molecule has 0 spiro atoms. The zero-order valence-corrected chi connectivity index (χ0v) is 14.4. The second kappa shape index (κ2) is 8.73. The van der Waals surface area contributed by atoms with E-state index in [9.17, 15) is 4.79 Å². The molecule has 0 aliphatic heterocycles. The van der Waals surface area contributed by atoms with Gasteiger partial charge in [-0.15, -0.1) is 0 Å². The molecule has 0 bridgehead atoms. The molecule has 0 aliphatic rings. The summed E-state index contributed by atoms with van der Waals surface area (Å²) in [4.78, 5) is 16.8. The van der Waals surface area contributed by atoms with E-state index in [0.717, 1.165) is 24.8 Å². The Morgan fingerprint density at radius 1 is 1.36 bits per heavy atom. The van der Waals surface area contributed by atoms with Gasteiger partial charge in [0.2, 0.25) is 5.88 Å². The minimum Gasteiger partial charge on any atom is -0.481 e. The van der Waals surface area contributed by atoms with Crippen LogP contribution in [0.1, 0.15) is 52.0 Å². The summed E-state index contributed by atoms with van der Waals surface area (Å²) >= 11 is 0. The van der Waals surface area contributed by atoms with Gasteiger partial charge in [-0.25, -0.2) is 4.98 Å². The molecule has 0 unspecified atom stereocenters. The lowest BCUT2D eigenvalue weighted by Gasteiger charge is -2.28. The lowest BCUT2D eigenvalue weighted by molar-refractivity contribution is -0.139. The maximum absolute atomic E-state index is 12.6. The van der Waals surface area contributed by atoms with E-state index in [1.54, 1.807) is 13.3 Å². The lowest BCUT2D eigenvalue weighted by Crippen LogP contribution is -2.42. The Labute approximate surface area is 133 Å². The number of aromatic nitrogens is 1. The van der Waals surface area contributed by atoms with Crippen LogP contribution in [0.15, 0.2) is 12.3 Å². The number of hydrogen-bond donors (Lipinski definition) is 1. The Balaban J connectivity index is 2.79. The van der Waals surface area contributed by atoms with Crippen LogP contribution in [-0.4, -0.2) is 30.2 Å². The van der Waals surface area contributed by atoms with Crippen LogP contribution in [0.3, 0.4) is 0 Å². The predicted octanol–water partition coefficient (Wildman–Crippen LogP) is 3.71. The summed E-state index contributed by atoms with van der Waals surface area (Å²) in [6.07, 6.45) is 5.50. The van der Waals surface area contributed by atoms with Gasteiger partial charge in [-0.05, 0) is 33.3 Å². The molecule has 1 N–H and O–H groups in total. The molecule has 1 amide bonds. The van der Waals surface area contributed by atoms with Crippen molar-refractivity contribution in [1.82, 2.24) is 4.98 Å². The number of pyridine rings is 1. The average molecular weight is 308 g/mol. The summed E-state index contributed by atoms with van der Waals surface area (Å²) in [7, 11) is 1.58. The summed E-state index contributed by atoms with van der Waals surface area (Å²) in [5.41, 5.74) is 0.728. The van der Waals surface area contributed by atoms with Crippen LogP contribution in [-0.2, 0) is 9.53 Å². The van der Waals surface area contributed by atoms with Crippen LogP contribution in [0.5, 0.6) is 5.88 Å². The van der Waals surface area contributed by atoms with E-state index in [-0.39, 0.29) is 5.91 Å². The molecule has 0 aromatic carbocycles. The summed E-state index contributed by atoms with van der Waals surface area (Å²) in [5, 5.41) is 2.90. The van der Waals surface area contributed by atoms with Crippen LogP contribution in [0.4, 0.5) is 5.69 Å². The highest BCUT2D eigenvalue weighted by molar-refractivity contribution is 5.97. The molecule has 1 atom stereocenters. The minimum absolute atomic E-state index is 0.128. The van der Waals surface area contributed by atoms with Gasteiger partial charge in [0.05, 0.1) is 19.0 Å². The molecule has 1 aromatic heterocycles. The first kappa shape index (κ1) is 18.4. The van der Waals surface area contributed by atoms with Gasteiger partial charge in [0.15, 0.2) is 0 Å². The molecule has 124 valence electrons. The number of unbranched alkanes of at least 4 members (excludes halogenated alkanes) is 2. The van der Waals surface area contributed by atoms with E-state index in [2.05, 4.69) is 17.2 Å². The van der Waals surface area contributed by atoms with Gasteiger partial charge in [0, 0.05) is 12.2 Å². The second-order valence-corrected chi connectivity index (χ2v) is 5.63. The summed E-state index contributed by atoms with van der Waals surface area (Å²) < 4.78 is 10.9. The SMILES string of the molecule is CCCCC[C@@](C)(OCC)C(=O)Nc1cnc(OC)c(C)c1. The molecule has 22 heavy (non-hydrogen) atoms. The third kappa shape index (κ3) is 4.98. The van der Waals surface area contributed by atoms with Crippen LogP contribution in [0, 0.1) is 6.92 Å². The van der Waals surface area contributed by atoms with Gasteiger partial charge in [-0.1, -0.05) is 26.2 Å². The van der Waals surface area contributed by atoms with E-state index in [4.69, 9.17) is 9.47 Å². The van der Waals surface area contributed by atoms with Crippen LogP contribution in [0.25, 0.3) is 0 Å². The maximum atomic E-state index is 12.6. The molecule has 0 saturated carbocycles. The fourth-order valence-electron chi connectivity index (χ4n) is 2.39. The molecule has 1 aromatic rings. The van der Waals surface area contributed by atoms with E-state index in [0.29, 0.717) is 24.6 Å². The molecule has 0 aliphatic carbocycles. The first-order chi connectivity index (χ1) is 10.5. The fourth-order valence-corrected chi connectivity index (χ4v) is 2.39. The number of rotatable bonds is 9. The molecule has 0 fully saturated rings.